The number of amides is 1. The average molecular weight is 300 g/mol. The summed E-state index contributed by atoms with van der Waals surface area (Å²) in [7, 11) is 6.06. The smallest absolute Gasteiger partial charge is 0.223 e. The van der Waals surface area contributed by atoms with Gasteiger partial charge in [-0.1, -0.05) is 19.1 Å². The Balaban J connectivity index is 2.30. The molecule has 1 amide bonds. The summed E-state index contributed by atoms with van der Waals surface area (Å²) in [4.78, 5) is 18.9. The molecule has 1 fully saturated rings. The Bertz CT molecular complexity index is 348. The molecular weight excluding hydrogens is 272 g/mol. The van der Waals surface area contributed by atoms with Crippen LogP contribution >= 0.6 is 12.2 Å². The number of nitrogens with two attached hydrogens (primary N) is 1. The molecule has 2 atom stereocenters. The number of nitrogens with zero attached hydrogens (tertiary/aromatic N) is 3. The van der Waals surface area contributed by atoms with Crippen molar-refractivity contribution >= 4 is 23.1 Å². The Morgan fingerprint density at radius 2 is 1.95 bits per heavy atom. The highest BCUT2D eigenvalue weighted by molar-refractivity contribution is 7.80. The molecule has 116 valence electrons. The van der Waals surface area contributed by atoms with E-state index in [1.165, 1.54) is 0 Å². The SMILES string of the molecule is CC1CN(CCC(=O)N(C)CCC(N)=S)CC1N(C)C. The van der Waals surface area contributed by atoms with E-state index in [1.807, 2.05) is 7.05 Å². The summed E-state index contributed by atoms with van der Waals surface area (Å²) >= 11 is 4.83. The predicted molar refractivity (Wildman–Crippen MR) is 86.7 cm³/mol. The minimum absolute atomic E-state index is 0.169. The maximum Gasteiger partial charge on any atom is 0.223 e. The topological polar surface area (TPSA) is 52.8 Å². The van der Waals surface area contributed by atoms with Crippen LogP contribution in [0.2, 0.25) is 0 Å². The highest BCUT2D eigenvalue weighted by atomic mass is 32.1. The molecule has 0 aromatic carbocycles. The molecule has 2 N–H and O–H groups in total. The van der Waals surface area contributed by atoms with Gasteiger partial charge in [-0.2, -0.15) is 0 Å². The van der Waals surface area contributed by atoms with E-state index in [0.717, 1.165) is 19.6 Å². The van der Waals surface area contributed by atoms with Gasteiger partial charge in [0.1, 0.15) is 0 Å². The van der Waals surface area contributed by atoms with Gasteiger partial charge >= 0.3 is 0 Å². The highest BCUT2D eigenvalue weighted by Gasteiger charge is 2.30. The summed E-state index contributed by atoms with van der Waals surface area (Å²) in [5.74, 6) is 0.828. The third-order valence-electron chi connectivity index (χ3n) is 4.07. The first-order valence-corrected chi connectivity index (χ1v) is 7.63. The molecule has 6 heteroatoms. The molecule has 1 heterocycles. The lowest BCUT2D eigenvalue weighted by atomic mass is 10.1. The third-order valence-corrected chi connectivity index (χ3v) is 4.28. The van der Waals surface area contributed by atoms with Crippen LogP contribution in [0.25, 0.3) is 0 Å². The van der Waals surface area contributed by atoms with Crippen molar-refractivity contribution in [3.05, 3.63) is 0 Å². The third kappa shape index (κ3) is 5.34. The first kappa shape index (κ1) is 17.3. The van der Waals surface area contributed by atoms with E-state index in [1.54, 1.807) is 4.90 Å². The van der Waals surface area contributed by atoms with Crippen LogP contribution in [0.15, 0.2) is 0 Å². The van der Waals surface area contributed by atoms with Crippen molar-refractivity contribution in [1.82, 2.24) is 14.7 Å². The molecule has 0 spiro atoms. The van der Waals surface area contributed by atoms with E-state index in [2.05, 4.69) is 30.8 Å². The molecule has 1 rings (SSSR count). The molecule has 0 aromatic rings. The molecule has 1 saturated heterocycles. The van der Waals surface area contributed by atoms with Gasteiger partial charge in [0.15, 0.2) is 0 Å². The summed E-state index contributed by atoms with van der Waals surface area (Å²) in [6, 6.07) is 0.595. The minimum atomic E-state index is 0.169. The lowest BCUT2D eigenvalue weighted by molar-refractivity contribution is -0.130. The number of hydrogen-bond donors (Lipinski definition) is 1. The first-order chi connectivity index (χ1) is 9.31. The Morgan fingerprint density at radius 1 is 1.30 bits per heavy atom. The van der Waals surface area contributed by atoms with E-state index in [9.17, 15) is 4.79 Å². The predicted octanol–water partition coefficient (Wildman–Crippen LogP) is 0.393. The Morgan fingerprint density at radius 3 is 2.45 bits per heavy atom. The van der Waals surface area contributed by atoms with E-state index in [4.69, 9.17) is 18.0 Å². The molecule has 2 unspecified atom stereocenters. The Kier molecular flexibility index (Phi) is 6.85. The maximum atomic E-state index is 12.0. The Hall–Kier alpha value is -0.720. The summed E-state index contributed by atoms with van der Waals surface area (Å²) < 4.78 is 0. The van der Waals surface area contributed by atoms with Crippen LogP contribution < -0.4 is 5.73 Å². The summed E-state index contributed by atoms with van der Waals surface area (Å²) in [6.07, 6.45) is 1.17. The lowest BCUT2D eigenvalue weighted by Gasteiger charge is -2.23. The van der Waals surface area contributed by atoms with Crippen molar-refractivity contribution in [2.75, 3.05) is 47.3 Å². The normalized spacial score (nSPS) is 23.2. The molecule has 0 aliphatic carbocycles. The average Bonchev–Trinajstić information content (AvgIpc) is 2.74. The van der Waals surface area contributed by atoms with Crippen molar-refractivity contribution in [1.29, 1.82) is 0 Å². The number of hydrogen-bond acceptors (Lipinski definition) is 4. The lowest BCUT2D eigenvalue weighted by Crippen LogP contribution is -2.35. The van der Waals surface area contributed by atoms with Crippen LogP contribution in [0.4, 0.5) is 0 Å². The molecule has 0 radical (unpaired) electrons. The fourth-order valence-corrected chi connectivity index (χ4v) is 2.84. The molecule has 0 aromatic heterocycles. The second kappa shape index (κ2) is 7.90. The van der Waals surface area contributed by atoms with Crippen molar-refractivity contribution in [3.63, 3.8) is 0 Å². The van der Waals surface area contributed by atoms with Gasteiger partial charge in [0.05, 0.1) is 4.99 Å². The number of rotatable bonds is 7. The molecule has 5 nitrogen and oxygen atoms in total. The van der Waals surface area contributed by atoms with Gasteiger partial charge in [-0.3, -0.25) is 4.79 Å². The Labute approximate surface area is 128 Å². The fourth-order valence-electron chi connectivity index (χ4n) is 2.75. The van der Waals surface area contributed by atoms with E-state index >= 15 is 0 Å². The fraction of sp³-hybridized carbons (Fsp3) is 0.857. The quantitative estimate of drug-likeness (QED) is 0.690. The van der Waals surface area contributed by atoms with Crippen LogP contribution in [0, 0.1) is 5.92 Å². The molecular formula is C14H28N4OS. The number of carbonyl (C=O) groups is 1. The molecule has 1 aliphatic rings. The highest BCUT2D eigenvalue weighted by Crippen LogP contribution is 2.19. The van der Waals surface area contributed by atoms with Gasteiger partial charge in [-0.15, -0.1) is 0 Å². The van der Waals surface area contributed by atoms with Crippen molar-refractivity contribution in [2.45, 2.75) is 25.8 Å². The summed E-state index contributed by atoms with van der Waals surface area (Å²) in [5.41, 5.74) is 5.45. The van der Waals surface area contributed by atoms with Gasteiger partial charge < -0.3 is 20.4 Å². The van der Waals surface area contributed by atoms with Crippen LogP contribution in [0.1, 0.15) is 19.8 Å². The monoisotopic (exact) mass is 300 g/mol. The minimum Gasteiger partial charge on any atom is -0.393 e. The van der Waals surface area contributed by atoms with E-state index < -0.39 is 0 Å². The summed E-state index contributed by atoms with van der Waals surface area (Å²) in [5, 5.41) is 0. The van der Waals surface area contributed by atoms with Gasteiger partial charge in [0.25, 0.3) is 0 Å². The van der Waals surface area contributed by atoms with Gasteiger partial charge in [-0.05, 0) is 20.0 Å². The van der Waals surface area contributed by atoms with Crippen LogP contribution in [-0.4, -0.2) is 79.0 Å². The first-order valence-electron chi connectivity index (χ1n) is 7.22. The number of likely N-dealkylation sites (tertiary alicyclic amines) is 1. The zero-order valence-corrected chi connectivity index (χ0v) is 13.9. The largest absolute Gasteiger partial charge is 0.393 e. The molecule has 0 saturated carbocycles. The number of likely N-dealkylation sites (N-methyl/N-ethyl adjacent to an activating group) is 1. The van der Waals surface area contributed by atoms with Crippen LogP contribution in [-0.2, 0) is 4.79 Å². The molecule has 20 heavy (non-hydrogen) atoms. The maximum absolute atomic E-state index is 12.0. The van der Waals surface area contributed by atoms with Gasteiger partial charge in [-0.25, -0.2) is 0 Å². The van der Waals surface area contributed by atoms with Crippen molar-refractivity contribution in [3.8, 4) is 0 Å². The standard InChI is InChI=1S/C14H28N4OS/c1-11-9-18(10-12(11)16(2)3)8-6-14(19)17(4)7-5-13(15)20/h11-12H,5-10H2,1-4H3,(H2,15,20). The van der Waals surface area contributed by atoms with Gasteiger partial charge in [0, 0.05) is 52.1 Å². The van der Waals surface area contributed by atoms with Gasteiger partial charge in [0.2, 0.25) is 5.91 Å². The van der Waals surface area contributed by atoms with Crippen molar-refractivity contribution < 1.29 is 4.79 Å². The van der Waals surface area contributed by atoms with Crippen LogP contribution in [0.3, 0.4) is 0 Å². The molecule has 0 bridgehead atoms. The van der Waals surface area contributed by atoms with Crippen LogP contribution in [0.5, 0.6) is 0 Å². The van der Waals surface area contributed by atoms with E-state index in [-0.39, 0.29) is 5.91 Å². The summed E-state index contributed by atoms with van der Waals surface area (Å²) in [6.45, 7) is 5.86. The van der Waals surface area contributed by atoms with E-state index in [0.29, 0.717) is 36.3 Å². The number of carbonyl (C=O) groups excluding carboxylic acids is 1. The zero-order chi connectivity index (χ0) is 15.3. The zero-order valence-electron chi connectivity index (χ0n) is 13.1. The number of thiocarbonyl (C=S) groups is 1. The second-order valence-corrected chi connectivity index (χ2v) is 6.57. The second-order valence-electron chi connectivity index (χ2n) is 6.05. The van der Waals surface area contributed by atoms with Crippen molar-refractivity contribution in [2.24, 2.45) is 11.7 Å². The molecule has 1 aliphatic heterocycles.